The highest BCUT2D eigenvalue weighted by molar-refractivity contribution is 7.93. The molecule has 0 aliphatic rings. The van der Waals surface area contributed by atoms with Gasteiger partial charge in [-0.05, 0) is 67.9 Å². The van der Waals surface area contributed by atoms with Crippen LogP contribution in [0.2, 0.25) is 5.02 Å². The number of aryl methyl sites for hydroxylation is 1. The van der Waals surface area contributed by atoms with E-state index in [-0.39, 0.29) is 31.7 Å². The van der Waals surface area contributed by atoms with Crippen molar-refractivity contribution in [1.82, 2.24) is 14.5 Å². The summed E-state index contributed by atoms with van der Waals surface area (Å²) in [4.78, 5) is 9.21. The van der Waals surface area contributed by atoms with Crippen LogP contribution in [0.3, 0.4) is 0 Å². The Morgan fingerprint density at radius 1 is 0.738 bits per heavy atom. The van der Waals surface area contributed by atoms with Crippen LogP contribution in [0.25, 0.3) is 22.2 Å². The zero-order valence-corrected chi connectivity index (χ0v) is 25.0. The second-order valence-corrected chi connectivity index (χ2v) is 13.9. The number of nitrogens with one attached hydrogen (secondary N) is 1. The number of hydrogen-bond donors (Lipinski definition) is 1. The minimum Gasteiger partial charge on any atom is -0.302 e. The number of para-hydroxylation sites is 2. The third-order valence-corrected chi connectivity index (χ3v) is 10.5. The molecule has 8 nitrogen and oxygen atoms in total. The second kappa shape index (κ2) is 10.5. The summed E-state index contributed by atoms with van der Waals surface area (Å²) < 4.78 is 60.6. The molecule has 2 aromatic heterocycles. The first-order valence-corrected chi connectivity index (χ1v) is 16.4. The van der Waals surface area contributed by atoms with E-state index < -0.39 is 25.9 Å². The molecule has 0 bridgehead atoms. The molecule has 4 aromatic carbocycles. The molecule has 0 aliphatic carbocycles. The van der Waals surface area contributed by atoms with Gasteiger partial charge in [-0.2, -0.15) is 0 Å². The van der Waals surface area contributed by atoms with E-state index in [0.717, 1.165) is 11.1 Å². The van der Waals surface area contributed by atoms with Crippen molar-refractivity contribution in [3.63, 3.8) is 0 Å². The van der Waals surface area contributed by atoms with Gasteiger partial charge >= 0.3 is 0 Å². The number of hydrogen-bond acceptors (Lipinski definition) is 6. The summed E-state index contributed by atoms with van der Waals surface area (Å²) in [5, 5.41) is 0.364. The molecular weight excluding hydrogens is 592 g/mol. The summed E-state index contributed by atoms with van der Waals surface area (Å²) >= 11 is 6.01. The Morgan fingerprint density at radius 3 is 1.95 bits per heavy atom. The first-order chi connectivity index (χ1) is 20.1. The maximum Gasteiger partial charge on any atom is 0.263 e. The molecule has 0 saturated carbocycles. The minimum atomic E-state index is -4.31. The summed E-state index contributed by atoms with van der Waals surface area (Å²) in [6.07, 6.45) is 0. The summed E-state index contributed by atoms with van der Waals surface area (Å²) in [5.41, 5.74) is 2.99. The highest BCUT2D eigenvalue weighted by atomic mass is 35.5. The lowest BCUT2D eigenvalue weighted by Gasteiger charge is -2.20. The third-order valence-electron chi connectivity index (χ3n) is 7.08. The molecule has 0 fully saturated rings. The average Bonchev–Trinajstić information content (AvgIpc) is 3.28. The van der Waals surface area contributed by atoms with Crippen LogP contribution in [0, 0.1) is 6.92 Å². The van der Waals surface area contributed by atoms with Gasteiger partial charge in [-0.15, -0.1) is 0 Å². The zero-order valence-electron chi connectivity index (χ0n) is 22.6. The van der Waals surface area contributed by atoms with E-state index in [2.05, 4.69) is 4.72 Å². The molecule has 1 N–H and O–H groups in total. The van der Waals surface area contributed by atoms with E-state index in [9.17, 15) is 16.8 Å². The third kappa shape index (κ3) is 4.91. The first-order valence-electron chi connectivity index (χ1n) is 13.0. The number of fused-ring (bicyclic) bond motifs is 2. The summed E-state index contributed by atoms with van der Waals surface area (Å²) in [6.45, 7) is 3.71. The van der Waals surface area contributed by atoms with Crippen LogP contribution in [0.1, 0.15) is 24.1 Å². The molecule has 6 aromatic rings. The highest BCUT2D eigenvalue weighted by Gasteiger charge is 2.35. The van der Waals surface area contributed by atoms with Gasteiger partial charge in [0.05, 0.1) is 26.9 Å². The Hall–Kier alpha value is -4.25. The van der Waals surface area contributed by atoms with Gasteiger partial charge in [-0.3, -0.25) is 4.72 Å². The summed E-state index contributed by atoms with van der Waals surface area (Å²) in [6, 6.07) is 27.9. The SMILES string of the molecule is Cc1ccc(S(=O)(=O)c2c(NS(=O)(=O)c3ccc(Cl)cc3)n(C(C)c3ccccc3)c3nc4ccccc4nc23)cc1. The Labute approximate surface area is 248 Å². The van der Waals surface area contributed by atoms with Gasteiger partial charge in [0, 0.05) is 5.02 Å². The zero-order chi connectivity index (χ0) is 29.6. The summed E-state index contributed by atoms with van der Waals surface area (Å²) in [7, 11) is -8.59. The van der Waals surface area contributed by atoms with Gasteiger partial charge in [-0.1, -0.05) is 71.8 Å². The predicted molar refractivity (Wildman–Crippen MR) is 164 cm³/mol. The van der Waals surface area contributed by atoms with Crippen molar-refractivity contribution in [3.05, 3.63) is 119 Å². The van der Waals surface area contributed by atoms with Crippen molar-refractivity contribution in [2.45, 2.75) is 34.6 Å². The van der Waals surface area contributed by atoms with E-state index in [1.54, 1.807) is 34.9 Å². The number of aromatic nitrogens is 3. The second-order valence-electron chi connectivity index (χ2n) is 9.89. The van der Waals surface area contributed by atoms with Gasteiger partial charge < -0.3 is 4.57 Å². The Bertz CT molecular complexity index is 2170. The molecule has 6 rings (SSSR count). The van der Waals surface area contributed by atoms with Gasteiger partial charge in [0.2, 0.25) is 9.84 Å². The number of anilines is 1. The Morgan fingerprint density at radius 2 is 1.31 bits per heavy atom. The monoisotopic (exact) mass is 616 g/mol. The molecule has 0 amide bonds. The van der Waals surface area contributed by atoms with E-state index in [1.807, 2.05) is 50.2 Å². The molecule has 0 saturated heterocycles. The quantitative estimate of drug-likeness (QED) is 0.211. The Balaban J connectivity index is 1.73. The lowest BCUT2D eigenvalue weighted by Crippen LogP contribution is -2.20. The van der Waals surface area contributed by atoms with Crippen LogP contribution in [0.4, 0.5) is 5.82 Å². The van der Waals surface area contributed by atoms with E-state index in [1.165, 1.54) is 36.4 Å². The fourth-order valence-electron chi connectivity index (χ4n) is 4.88. The predicted octanol–water partition coefficient (Wildman–Crippen LogP) is 6.79. The van der Waals surface area contributed by atoms with Crippen molar-refractivity contribution in [1.29, 1.82) is 0 Å². The lowest BCUT2D eigenvalue weighted by atomic mass is 10.1. The van der Waals surface area contributed by atoms with Crippen LogP contribution in [0.5, 0.6) is 0 Å². The topological polar surface area (TPSA) is 111 Å². The minimum absolute atomic E-state index is 0.00131. The van der Waals surface area contributed by atoms with Crippen LogP contribution in [0.15, 0.2) is 118 Å². The number of halogens is 1. The summed E-state index contributed by atoms with van der Waals surface area (Å²) in [5.74, 6) is -0.160. The maximum atomic E-state index is 14.4. The number of sulfonamides is 1. The molecule has 0 aliphatic heterocycles. The first kappa shape index (κ1) is 27.9. The largest absolute Gasteiger partial charge is 0.302 e. The van der Waals surface area contributed by atoms with Crippen molar-refractivity contribution < 1.29 is 16.8 Å². The standard InChI is InChI=1S/C31H25ClN4O4S2/c1-20-12-16-24(17-13-20)41(37,38)29-28-30(34-27-11-7-6-10-26(27)33-28)36(21(2)22-8-4-3-5-9-22)31(29)35-42(39,40)25-18-14-23(32)15-19-25/h3-19,21,35H,1-2H3. The van der Waals surface area contributed by atoms with Gasteiger partial charge in [0.15, 0.2) is 5.65 Å². The lowest BCUT2D eigenvalue weighted by molar-refractivity contribution is 0.595. The number of benzene rings is 4. The van der Waals surface area contributed by atoms with Gasteiger partial charge in [0.25, 0.3) is 10.0 Å². The number of rotatable bonds is 7. The van der Waals surface area contributed by atoms with Crippen LogP contribution in [-0.2, 0) is 19.9 Å². The number of nitrogens with zero attached hydrogens (tertiary/aromatic N) is 3. The fraction of sp³-hybridized carbons (Fsp3) is 0.0968. The highest BCUT2D eigenvalue weighted by Crippen LogP contribution is 2.41. The molecule has 1 atom stereocenters. The average molecular weight is 617 g/mol. The van der Waals surface area contributed by atoms with E-state index in [0.29, 0.717) is 16.1 Å². The fourth-order valence-corrected chi connectivity index (χ4v) is 7.66. The van der Waals surface area contributed by atoms with Crippen molar-refractivity contribution in [3.8, 4) is 0 Å². The van der Waals surface area contributed by atoms with Crippen LogP contribution < -0.4 is 4.72 Å². The molecule has 0 radical (unpaired) electrons. The van der Waals surface area contributed by atoms with Gasteiger partial charge in [0.1, 0.15) is 16.2 Å². The molecule has 212 valence electrons. The number of sulfone groups is 1. The van der Waals surface area contributed by atoms with Crippen molar-refractivity contribution in [2.75, 3.05) is 4.72 Å². The molecule has 11 heteroatoms. The molecule has 2 heterocycles. The molecule has 0 spiro atoms. The van der Waals surface area contributed by atoms with Crippen molar-refractivity contribution >= 4 is 59.5 Å². The molecule has 42 heavy (non-hydrogen) atoms. The van der Waals surface area contributed by atoms with Crippen LogP contribution >= 0.6 is 11.6 Å². The van der Waals surface area contributed by atoms with Crippen molar-refractivity contribution in [2.24, 2.45) is 0 Å². The van der Waals surface area contributed by atoms with Crippen LogP contribution in [-0.4, -0.2) is 31.4 Å². The van der Waals surface area contributed by atoms with E-state index >= 15 is 0 Å². The maximum absolute atomic E-state index is 14.4. The molecular formula is C31H25ClN4O4S2. The normalized spacial score (nSPS) is 12.9. The smallest absolute Gasteiger partial charge is 0.263 e. The molecule has 1 unspecified atom stereocenters. The van der Waals surface area contributed by atoms with Gasteiger partial charge in [-0.25, -0.2) is 26.8 Å². The Kier molecular flexibility index (Phi) is 7.00. The van der Waals surface area contributed by atoms with E-state index in [4.69, 9.17) is 21.6 Å².